The fourth-order valence-electron chi connectivity index (χ4n) is 1.41. The molecule has 94 valence electrons. The van der Waals surface area contributed by atoms with Crippen LogP contribution < -0.4 is 4.74 Å². The molecule has 0 fully saturated rings. The number of hydrogen-bond donors (Lipinski definition) is 0. The molecule has 0 aliphatic carbocycles. The SMILES string of the molecule is CC/C(=C/O[Si](C)(C)C)c1ccc(OC)cc1. The van der Waals surface area contributed by atoms with Crippen LogP contribution in [0.25, 0.3) is 5.57 Å². The summed E-state index contributed by atoms with van der Waals surface area (Å²) in [5.74, 6) is 0.885. The molecule has 0 heterocycles. The number of methoxy groups -OCH3 is 1. The number of benzene rings is 1. The van der Waals surface area contributed by atoms with Gasteiger partial charge in [0.05, 0.1) is 13.4 Å². The third-order valence-electron chi connectivity index (χ3n) is 2.40. The largest absolute Gasteiger partial charge is 0.549 e. The van der Waals surface area contributed by atoms with Crippen molar-refractivity contribution in [2.24, 2.45) is 0 Å². The molecule has 0 bridgehead atoms. The van der Waals surface area contributed by atoms with E-state index in [1.54, 1.807) is 7.11 Å². The lowest BCUT2D eigenvalue weighted by Gasteiger charge is -2.17. The van der Waals surface area contributed by atoms with E-state index in [1.807, 2.05) is 18.4 Å². The average Bonchev–Trinajstić information content (AvgIpc) is 2.29. The van der Waals surface area contributed by atoms with E-state index in [0.29, 0.717) is 0 Å². The average molecular weight is 250 g/mol. The summed E-state index contributed by atoms with van der Waals surface area (Å²) in [4.78, 5) is 0. The van der Waals surface area contributed by atoms with Gasteiger partial charge in [-0.3, -0.25) is 0 Å². The van der Waals surface area contributed by atoms with Gasteiger partial charge in [0.15, 0.2) is 0 Å². The van der Waals surface area contributed by atoms with Crippen molar-refractivity contribution in [3.8, 4) is 5.75 Å². The molecule has 0 atom stereocenters. The second kappa shape index (κ2) is 5.91. The van der Waals surface area contributed by atoms with Crippen LogP contribution in [0.1, 0.15) is 18.9 Å². The van der Waals surface area contributed by atoms with Crippen LogP contribution >= 0.6 is 0 Å². The first-order chi connectivity index (χ1) is 7.96. The van der Waals surface area contributed by atoms with Crippen LogP contribution in [0, 0.1) is 0 Å². The highest BCUT2D eigenvalue weighted by atomic mass is 28.4. The fraction of sp³-hybridized carbons (Fsp3) is 0.429. The standard InChI is InChI=1S/C14H22O2Si/c1-6-12(11-16-17(3,4)5)13-7-9-14(15-2)10-8-13/h7-11H,6H2,1-5H3/b12-11-. The number of rotatable bonds is 5. The van der Waals surface area contributed by atoms with Crippen molar-refractivity contribution in [3.63, 3.8) is 0 Å². The minimum absolute atomic E-state index is 0.885. The molecule has 0 amide bonds. The van der Waals surface area contributed by atoms with E-state index in [1.165, 1.54) is 11.1 Å². The van der Waals surface area contributed by atoms with E-state index in [0.717, 1.165) is 12.2 Å². The van der Waals surface area contributed by atoms with Gasteiger partial charge in [0.1, 0.15) is 5.75 Å². The zero-order valence-electron chi connectivity index (χ0n) is 11.4. The van der Waals surface area contributed by atoms with Crippen molar-refractivity contribution in [1.29, 1.82) is 0 Å². The summed E-state index contributed by atoms with van der Waals surface area (Å²) in [7, 11) is 0.192. The molecule has 0 spiro atoms. The summed E-state index contributed by atoms with van der Waals surface area (Å²) in [6, 6.07) is 8.10. The first kappa shape index (κ1) is 13.8. The number of ether oxygens (including phenoxy) is 1. The van der Waals surface area contributed by atoms with Gasteiger partial charge in [-0.2, -0.15) is 0 Å². The molecule has 1 aromatic rings. The minimum atomic E-state index is -1.49. The maximum Gasteiger partial charge on any atom is 0.241 e. The summed E-state index contributed by atoms with van der Waals surface area (Å²) in [6.07, 6.45) is 2.89. The van der Waals surface area contributed by atoms with E-state index >= 15 is 0 Å². The van der Waals surface area contributed by atoms with E-state index in [4.69, 9.17) is 9.16 Å². The molecule has 0 unspecified atom stereocenters. The second-order valence-corrected chi connectivity index (χ2v) is 9.42. The third-order valence-corrected chi connectivity index (χ3v) is 3.22. The summed E-state index contributed by atoms with van der Waals surface area (Å²) in [5.41, 5.74) is 2.43. The molecule has 0 radical (unpaired) electrons. The van der Waals surface area contributed by atoms with E-state index in [2.05, 4.69) is 38.7 Å². The lowest BCUT2D eigenvalue weighted by molar-refractivity contribution is 0.414. The normalized spacial score (nSPS) is 12.4. The van der Waals surface area contributed by atoms with Crippen molar-refractivity contribution in [2.45, 2.75) is 33.0 Å². The highest BCUT2D eigenvalue weighted by molar-refractivity contribution is 6.69. The van der Waals surface area contributed by atoms with Crippen LogP contribution in [0.4, 0.5) is 0 Å². The van der Waals surface area contributed by atoms with Crippen LogP contribution in [0.5, 0.6) is 5.75 Å². The first-order valence-corrected chi connectivity index (χ1v) is 9.38. The molecule has 1 rings (SSSR count). The Morgan fingerprint density at radius 1 is 1.18 bits per heavy atom. The maximum absolute atomic E-state index is 5.84. The first-order valence-electron chi connectivity index (χ1n) is 5.97. The van der Waals surface area contributed by atoms with Crippen molar-refractivity contribution in [3.05, 3.63) is 36.1 Å². The Balaban J connectivity index is 2.85. The van der Waals surface area contributed by atoms with Crippen LogP contribution in [-0.2, 0) is 4.43 Å². The van der Waals surface area contributed by atoms with Crippen LogP contribution in [0.2, 0.25) is 19.6 Å². The van der Waals surface area contributed by atoms with Gasteiger partial charge < -0.3 is 9.16 Å². The maximum atomic E-state index is 5.84. The molecule has 0 N–H and O–H groups in total. The zero-order valence-corrected chi connectivity index (χ0v) is 12.4. The van der Waals surface area contributed by atoms with Gasteiger partial charge >= 0.3 is 0 Å². The van der Waals surface area contributed by atoms with Gasteiger partial charge in [-0.15, -0.1) is 0 Å². The van der Waals surface area contributed by atoms with Gasteiger partial charge in [-0.25, -0.2) is 0 Å². The summed E-state index contributed by atoms with van der Waals surface area (Å²) < 4.78 is 11.0. The van der Waals surface area contributed by atoms with Crippen molar-refractivity contribution in [1.82, 2.24) is 0 Å². The quantitative estimate of drug-likeness (QED) is 0.573. The molecule has 3 heteroatoms. The summed E-state index contributed by atoms with van der Waals surface area (Å²) in [5, 5.41) is 0. The van der Waals surface area contributed by atoms with Crippen molar-refractivity contribution in [2.75, 3.05) is 7.11 Å². The molecule has 2 nitrogen and oxygen atoms in total. The highest BCUT2D eigenvalue weighted by Gasteiger charge is 2.14. The lowest BCUT2D eigenvalue weighted by atomic mass is 10.1. The Bertz CT molecular complexity index is 374. The highest BCUT2D eigenvalue weighted by Crippen LogP contribution is 2.22. The molecule has 0 saturated heterocycles. The lowest BCUT2D eigenvalue weighted by Crippen LogP contribution is -2.22. The smallest absolute Gasteiger partial charge is 0.241 e. The van der Waals surface area contributed by atoms with Crippen molar-refractivity contribution >= 4 is 13.9 Å². The molecule has 0 aromatic heterocycles. The monoisotopic (exact) mass is 250 g/mol. The summed E-state index contributed by atoms with van der Waals surface area (Å²) >= 11 is 0. The van der Waals surface area contributed by atoms with Crippen LogP contribution in [0.3, 0.4) is 0 Å². The van der Waals surface area contributed by atoms with Crippen LogP contribution in [0.15, 0.2) is 30.5 Å². The number of hydrogen-bond acceptors (Lipinski definition) is 2. The Labute approximate surface area is 105 Å². The fourth-order valence-corrected chi connectivity index (χ4v) is 1.90. The molecule has 1 aromatic carbocycles. The van der Waals surface area contributed by atoms with Gasteiger partial charge in [-0.1, -0.05) is 19.1 Å². The van der Waals surface area contributed by atoms with Gasteiger partial charge in [-0.05, 0) is 49.3 Å². The van der Waals surface area contributed by atoms with Gasteiger partial charge in [0.2, 0.25) is 8.32 Å². The third kappa shape index (κ3) is 4.65. The van der Waals surface area contributed by atoms with Gasteiger partial charge in [0.25, 0.3) is 0 Å². The Morgan fingerprint density at radius 2 is 1.76 bits per heavy atom. The summed E-state index contributed by atoms with van der Waals surface area (Å²) in [6.45, 7) is 8.70. The Kier molecular flexibility index (Phi) is 4.81. The molecule has 17 heavy (non-hydrogen) atoms. The second-order valence-electron chi connectivity index (χ2n) is 4.96. The predicted molar refractivity (Wildman–Crippen MR) is 75.7 cm³/mol. The molecule has 0 aliphatic heterocycles. The zero-order chi connectivity index (χ0) is 12.9. The molecular weight excluding hydrogens is 228 g/mol. The predicted octanol–water partition coefficient (Wildman–Crippen LogP) is 4.30. The van der Waals surface area contributed by atoms with Crippen molar-refractivity contribution < 1.29 is 9.16 Å². The Hall–Kier alpha value is -1.22. The number of allylic oxidation sites excluding steroid dienone is 1. The molecular formula is C14H22O2Si. The van der Waals surface area contributed by atoms with E-state index in [-0.39, 0.29) is 0 Å². The van der Waals surface area contributed by atoms with Gasteiger partial charge in [0, 0.05) is 0 Å². The molecule has 0 saturated carbocycles. The molecule has 0 aliphatic rings. The Morgan fingerprint density at radius 3 is 2.18 bits per heavy atom. The topological polar surface area (TPSA) is 18.5 Å². The van der Waals surface area contributed by atoms with E-state index < -0.39 is 8.32 Å². The van der Waals surface area contributed by atoms with Crippen LogP contribution in [-0.4, -0.2) is 15.4 Å². The van der Waals surface area contributed by atoms with E-state index in [9.17, 15) is 0 Å². The minimum Gasteiger partial charge on any atom is -0.549 e.